The maximum absolute atomic E-state index is 12.6. The van der Waals surface area contributed by atoms with Crippen LogP contribution in [0.25, 0.3) is 0 Å². The van der Waals surface area contributed by atoms with Gasteiger partial charge in [-0.25, -0.2) is 0 Å². The van der Waals surface area contributed by atoms with E-state index in [1.807, 2.05) is 18.5 Å². The lowest BCUT2D eigenvalue weighted by Crippen LogP contribution is -2.48. The van der Waals surface area contributed by atoms with Crippen LogP contribution in [0.4, 0.5) is 0 Å². The molecule has 3 fully saturated rings. The van der Waals surface area contributed by atoms with Crippen LogP contribution in [0.5, 0.6) is 0 Å². The number of hydrogen-bond donors (Lipinski definition) is 0. The fourth-order valence-electron chi connectivity index (χ4n) is 6.15. The van der Waals surface area contributed by atoms with E-state index < -0.39 is 0 Å². The third-order valence-electron chi connectivity index (χ3n) is 6.92. The Morgan fingerprint density at radius 3 is 3.14 bits per heavy atom. The SMILES string of the molecule is C=C[C@@H]1CC[C@H]2[C@@H]3CCc4cnccc4[C@H]3[C@H]3C[C@@]12OC3=O. The summed E-state index contributed by atoms with van der Waals surface area (Å²) in [6.07, 6.45) is 11.4. The zero-order valence-corrected chi connectivity index (χ0v) is 12.7. The van der Waals surface area contributed by atoms with Gasteiger partial charge >= 0.3 is 5.97 Å². The lowest BCUT2D eigenvalue weighted by Gasteiger charge is -2.47. The van der Waals surface area contributed by atoms with Gasteiger partial charge in [-0.15, -0.1) is 6.58 Å². The molecule has 1 aromatic rings. The Labute approximate surface area is 130 Å². The van der Waals surface area contributed by atoms with Crippen LogP contribution >= 0.6 is 0 Å². The second-order valence-corrected chi connectivity index (χ2v) is 7.52. The first-order valence-corrected chi connectivity index (χ1v) is 8.53. The Morgan fingerprint density at radius 1 is 1.36 bits per heavy atom. The smallest absolute Gasteiger partial charge is 0.310 e. The molecule has 0 radical (unpaired) electrons. The zero-order valence-electron chi connectivity index (χ0n) is 12.7. The molecule has 0 N–H and O–H groups in total. The number of pyridine rings is 1. The molecule has 1 saturated heterocycles. The van der Waals surface area contributed by atoms with Crippen LogP contribution in [0.1, 0.15) is 42.7 Å². The standard InChI is InChI=1S/C19H21NO2/c1-2-12-4-6-16-14-5-3-11-10-20-8-7-13(11)17(14)15-9-19(12,16)22-18(15)21/h2,7-8,10,12,14-17H,1,3-6,9H2/t12-,14+,15-,16+,17-,19-/m1/s1. The summed E-state index contributed by atoms with van der Waals surface area (Å²) in [5.41, 5.74) is 2.48. The monoisotopic (exact) mass is 295 g/mol. The lowest BCUT2D eigenvalue weighted by atomic mass is 9.56. The lowest BCUT2D eigenvalue weighted by molar-refractivity contribution is -0.154. The molecular formula is C19H21NO2. The van der Waals surface area contributed by atoms with E-state index in [2.05, 4.69) is 17.6 Å². The second-order valence-electron chi connectivity index (χ2n) is 7.52. The van der Waals surface area contributed by atoms with Crippen LogP contribution in [-0.4, -0.2) is 16.6 Å². The van der Waals surface area contributed by atoms with Crippen LogP contribution in [0.15, 0.2) is 31.1 Å². The van der Waals surface area contributed by atoms with Gasteiger partial charge in [0.25, 0.3) is 0 Å². The van der Waals surface area contributed by atoms with Crippen LogP contribution < -0.4 is 0 Å². The second kappa shape index (κ2) is 4.21. The van der Waals surface area contributed by atoms with Crippen molar-refractivity contribution < 1.29 is 9.53 Å². The molecule has 22 heavy (non-hydrogen) atoms. The summed E-state index contributed by atoms with van der Waals surface area (Å²) in [5, 5.41) is 0. The van der Waals surface area contributed by atoms with Crippen LogP contribution in [-0.2, 0) is 16.0 Å². The predicted molar refractivity (Wildman–Crippen MR) is 82.1 cm³/mol. The molecule has 1 spiro atoms. The molecule has 0 unspecified atom stereocenters. The van der Waals surface area contributed by atoms with Gasteiger partial charge in [-0.2, -0.15) is 0 Å². The quantitative estimate of drug-likeness (QED) is 0.590. The minimum Gasteiger partial charge on any atom is -0.458 e. The van der Waals surface area contributed by atoms with E-state index in [-0.39, 0.29) is 17.5 Å². The zero-order chi connectivity index (χ0) is 14.9. The number of carbonyl (C=O) groups excluding carboxylic acids is 1. The van der Waals surface area contributed by atoms with E-state index in [1.165, 1.54) is 24.0 Å². The third kappa shape index (κ3) is 1.38. The van der Waals surface area contributed by atoms with Gasteiger partial charge in [0.2, 0.25) is 0 Å². The largest absolute Gasteiger partial charge is 0.458 e. The van der Waals surface area contributed by atoms with Crippen molar-refractivity contribution in [2.75, 3.05) is 0 Å². The van der Waals surface area contributed by atoms with Crippen LogP contribution in [0, 0.1) is 23.7 Å². The molecule has 4 aliphatic rings. The molecular weight excluding hydrogens is 274 g/mol. The number of rotatable bonds is 1. The topological polar surface area (TPSA) is 39.2 Å². The van der Waals surface area contributed by atoms with E-state index in [0.29, 0.717) is 23.7 Å². The Morgan fingerprint density at radius 2 is 2.27 bits per heavy atom. The van der Waals surface area contributed by atoms with Crippen molar-refractivity contribution in [3.63, 3.8) is 0 Å². The highest BCUT2D eigenvalue weighted by molar-refractivity contribution is 5.78. The summed E-state index contributed by atoms with van der Waals surface area (Å²) >= 11 is 0. The highest BCUT2D eigenvalue weighted by Gasteiger charge is 2.67. The Bertz CT molecular complexity index is 669. The maximum Gasteiger partial charge on any atom is 0.310 e. The normalized spacial score (nSPS) is 44.7. The van der Waals surface area contributed by atoms with Gasteiger partial charge in [0, 0.05) is 36.6 Å². The molecule has 1 aliphatic heterocycles. The van der Waals surface area contributed by atoms with Crippen LogP contribution in [0.3, 0.4) is 0 Å². The van der Waals surface area contributed by atoms with E-state index in [9.17, 15) is 4.79 Å². The van der Waals surface area contributed by atoms with E-state index in [1.54, 1.807) is 0 Å². The van der Waals surface area contributed by atoms with Crippen molar-refractivity contribution in [1.29, 1.82) is 0 Å². The first-order chi connectivity index (χ1) is 10.7. The molecule has 1 aromatic heterocycles. The van der Waals surface area contributed by atoms with Gasteiger partial charge in [0.05, 0.1) is 5.92 Å². The fraction of sp³-hybridized carbons (Fsp3) is 0.579. The molecule has 0 amide bonds. The molecule has 3 heteroatoms. The van der Waals surface area contributed by atoms with Gasteiger partial charge in [-0.1, -0.05) is 6.08 Å². The molecule has 2 heterocycles. The molecule has 2 saturated carbocycles. The van der Waals surface area contributed by atoms with Gasteiger partial charge in [0.15, 0.2) is 0 Å². The predicted octanol–water partition coefficient (Wildman–Crippen LogP) is 3.26. The van der Waals surface area contributed by atoms with E-state index in [4.69, 9.17) is 4.74 Å². The Kier molecular flexibility index (Phi) is 2.46. The van der Waals surface area contributed by atoms with Gasteiger partial charge in [-0.3, -0.25) is 9.78 Å². The summed E-state index contributed by atoms with van der Waals surface area (Å²) in [7, 11) is 0. The molecule has 3 nitrogen and oxygen atoms in total. The van der Waals surface area contributed by atoms with Gasteiger partial charge in [-0.05, 0) is 48.8 Å². The Balaban J connectivity index is 1.66. The summed E-state index contributed by atoms with van der Waals surface area (Å²) < 4.78 is 6.08. The van der Waals surface area contributed by atoms with Crippen LogP contribution in [0.2, 0.25) is 0 Å². The molecule has 3 aliphatic carbocycles. The van der Waals surface area contributed by atoms with Crippen molar-refractivity contribution in [3.8, 4) is 0 Å². The first kappa shape index (κ1) is 12.9. The number of ether oxygens (including phenoxy) is 1. The van der Waals surface area contributed by atoms with E-state index >= 15 is 0 Å². The minimum absolute atomic E-state index is 0.0379. The summed E-state index contributed by atoms with van der Waals surface area (Å²) in [6, 6.07) is 2.14. The number of nitrogens with zero attached hydrogens (tertiary/aromatic N) is 1. The average Bonchev–Trinajstić information content (AvgIpc) is 3.05. The van der Waals surface area contributed by atoms with Crippen molar-refractivity contribution in [2.24, 2.45) is 23.7 Å². The third-order valence-corrected chi connectivity index (χ3v) is 6.92. The average molecular weight is 295 g/mol. The van der Waals surface area contributed by atoms with E-state index in [0.717, 1.165) is 19.3 Å². The van der Waals surface area contributed by atoms with Crippen molar-refractivity contribution in [2.45, 2.75) is 43.6 Å². The van der Waals surface area contributed by atoms with Crippen molar-refractivity contribution in [1.82, 2.24) is 4.98 Å². The number of esters is 1. The number of aromatic nitrogens is 1. The summed E-state index contributed by atoms with van der Waals surface area (Å²) in [6.45, 7) is 4.01. The number of aryl methyl sites for hydroxylation is 1. The number of carbonyl (C=O) groups is 1. The molecule has 2 bridgehead atoms. The Hall–Kier alpha value is -1.64. The van der Waals surface area contributed by atoms with Crippen molar-refractivity contribution >= 4 is 5.97 Å². The van der Waals surface area contributed by atoms with Crippen molar-refractivity contribution in [3.05, 3.63) is 42.2 Å². The number of hydrogen-bond acceptors (Lipinski definition) is 3. The van der Waals surface area contributed by atoms with Gasteiger partial charge < -0.3 is 4.74 Å². The fourth-order valence-corrected chi connectivity index (χ4v) is 6.15. The number of fused-ring (bicyclic) bond motifs is 6. The molecule has 114 valence electrons. The maximum atomic E-state index is 12.6. The highest BCUT2D eigenvalue weighted by atomic mass is 16.6. The first-order valence-electron chi connectivity index (χ1n) is 8.53. The van der Waals surface area contributed by atoms with Gasteiger partial charge in [0.1, 0.15) is 5.60 Å². The molecule has 5 rings (SSSR count). The minimum atomic E-state index is -0.227. The molecule has 6 atom stereocenters. The molecule has 0 aromatic carbocycles. The summed E-state index contributed by atoms with van der Waals surface area (Å²) in [4.78, 5) is 16.9. The highest BCUT2D eigenvalue weighted by Crippen LogP contribution is 2.65. The summed E-state index contributed by atoms with van der Waals surface area (Å²) in [5.74, 6) is 1.89.